The predicted octanol–water partition coefficient (Wildman–Crippen LogP) is 11.7. The van der Waals surface area contributed by atoms with Crippen LogP contribution in [0.3, 0.4) is 0 Å². The average molecular weight is 711 g/mol. The van der Waals surface area contributed by atoms with Gasteiger partial charge >= 0.3 is 11.9 Å². The summed E-state index contributed by atoms with van der Waals surface area (Å²) in [6, 6.07) is 14.9. The van der Waals surface area contributed by atoms with Crippen LogP contribution in [0.15, 0.2) is 48.5 Å². The second-order valence-corrected chi connectivity index (χ2v) is 13.7. The first-order valence-corrected chi connectivity index (χ1v) is 19.8. The van der Waals surface area contributed by atoms with Gasteiger partial charge in [-0.1, -0.05) is 128 Å². The van der Waals surface area contributed by atoms with Crippen molar-refractivity contribution in [3.05, 3.63) is 82.4 Å². The number of aromatic nitrogens is 4. The number of carbonyl (C=O) groups excluding carboxylic acids is 2. The van der Waals surface area contributed by atoms with Crippen LogP contribution in [0, 0.1) is 27.7 Å². The van der Waals surface area contributed by atoms with Gasteiger partial charge in [-0.25, -0.2) is 9.59 Å². The molecule has 0 atom stereocenters. The minimum Gasteiger partial charge on any atom is -0.462 e. The number of nitrogens with zero attached hydrogens (tertiary/aromatic N) is 4. The first kappa shape index (κ1) is 42.2. The lowest BCUT2D eigenvalue weighted by Crippen LogP contribution is -2.12. The van der Waals surface area contributed by atoms with Gasteiger partial charge in [0.05, 0.1) is 58.1 Å². The van der Waals surface area contributed by atoms with Crippen LogP contribution in [-0.2, 0) is 9.47 Å². The topological polar surface area (TPSA) is 104 Å². The Morgan fingerprint density at radius 2 is 0.673 bits per heavy atom. The third-order valence-electron chi connectivity index (χ3n) is 9.23. The molecule has 282 valence electrons. The number of unbranched alkanes of at least 4 members (excludes halogenated alkanes) is 14. The summed E-state index contributed by atoms with van der Waals surface area (Å²) >= 11 is 0. The molecule has 0 fully saturated rings. The molecule has 3 rings (SSSR count). The Hall–Kier alpha value is -4.20. The Balaban J connectivity index is 2.01. The summed E-state index contributed by atoms with van der Waals surface area (Å²) in [5, 5.41) is 0. The normalized spacial score (nSPS) is 10.9. The molecule has 0 unspecified atom stereocenters. The third kappa shape index (κ3) is 14.4. The highest BCUT2D eigenvalue weighted by Gasteiger charge is 2.17. The van der Waals surface area contributed by atoms with Gasteiger partial charge in [-0.15, -0.1) is 0 Å². The highest BCUT2D eigenvalue weighted by molar-refractivity contribution is 5.93. The molecule has 8 heteroatoms. The summed E-state index contributed by atoms with van der Waals surface area (Å²) < 4.78 is 11.6. The van der Waals surface area contributed by atoms with Crippen molar-refractivity contribution in [2.24, 2.45) is 0 Å². The Labute approximate surface area is 312 Å². The smallest absolute Gasteiger partial charge is 0.341 e. The summed E-state index contributed by atoms with van der Waals surface area (Å²) in [4.78, 5) is 46.9. The van der Waals surface area contributed by atoms with E-state index in [2.05, 4.69) is 13.8 Å². The summed E-state index contributed by atoms with van der Waals surface area (Å²) in [5.74, 6) is -0.913. The molecule has 0 aliphatic carbocycles. The number of aryl methyl sites for hydroxylation is 4. The lowest BCUT2D eigenvalue weighted by atomic mass is 10.1. The zero-order valence-electron chi connectivity index (χ0n) is 32.8. The Kier molecular flexibility index (Phi) is 19.6. The quantitative estimate of drug-likeness (QED) is 0.0843. The lowest BCUT2D eigenvalue weighted by molar-refractivity contribution is 0.0485. The van der Waals surface area contributed by atoms with Crippen LogP contribution in [0.5, 0.6) is 0 Å². The van der Waals surface area contributed by atoms with Gasteiger partial charge in [-0.3, -0.25) is 19.9 Å². The standard InChI is InChI=1S/C44H62N4O4/c1-7-9-11-13-15-17-19-25-31-51-43(49)41-33(3)45-37-27-21-23-29-39(37)47-35(5)42(44(50)52-32-26-20-18-16-14-12-10-8-2)36(6)48-40-30-24-22-28-38(40)46-34(41)4/h21-24,27-30H,7-20,25-26,31-32H2,1-6H3. The maximum absolute atomic E-state index is 13.7. The number of para-hydroxylation sites is 4. The molecule has 2 aromatic carbocycles. The van der Waals surface area contributed by atoms with Crippen LogP contribution >= 0.6 is 0 Å². The fourth-order valence-electron chi connectivity index (χ4n) is 6.31. The van der Waals surface area contributed by atoms with E-state index in [9.17, 15) is 9.59 Å². The van der Waals surface area contributed by atoms with E-state index in [4.69, 9.17) is 29.4 Å². The monoisotopic (exact) mass is 710 g/mol. The number of carbonyl (C=O) groups is 2. The van der Waals surface area contributed by atoms with Crippen LogP contribution in [-0.4, -0.2) is 45.1 Å². The third-order valence-corrected chi connectivity index (χ3v) is 9.23. The van der Waals surface area contributed by atoms with Crippen molar-refractivity contribution in [3.63, 3.8) is 0 Å². The van der Waals surface area contributed by atoms with Crippen LogP contribution in [0.1, 0.15) is 160 Å². The number of fused-ring (bicyclic) bond motifs is 2. The molecule has 0 N–H and O–H groups in total. The Bertz CT molecular complexity index is 1510. The number of rotatable bonds is 20. The molecule has 0 bridgehead atoms. The minimum absolute atomic E-state index is 0.305. The van der Waals surface area contributed by atoms with Crippen molar-refractivity contribution in [3.8, 4) is 0 Å². The number of esters is 2. The molecule has 0 saturated carbocycles. The van der Waals surface area contributed by atoms with Gasteiger partial charge in [0, 0.05) is 0 Å². The van der Waals surface area contributed by atoms with Gasteiger partial charge in [-0.05, 0) is 64.8 Å². The molecule has 0 aliphatic heterocycles. The van der Waals surface area contributed by atoms with E-state index in [1.165, 1.54) is 64.2 Å². The minimum atomic E-state index is -0.457. The van der Waals surface area contributed by atoms with Gasteiger partial charge in [-0.2, -0.15) is 0 Å². The second-order valence-electron chi connectivity index (χ2n) is 13.7. The lowest BCUT2D eigenvalue weighted by Gasteiger charge is -2.09. The molecular formula is C44H62N4O4. The molecule has 52 heavy (non-hydrogen) atoms. The van der Waals surface area contributed by atoms with Gasteiger partial charge in [0.2, 0.25) is 0 Å². The molecule has 1 heterocycles. The van der Waals surface area contributed by atoms with Crippen molar-refractivity contribution in [2.75, 3.05) is 13.2 Å². The molecular weight excluding hydrogens is 649 g/mol. The SMILES string of the molecule is CCCCCCCCCCOC(=O)c1c(C)nc2ccccc2nc(C)c(C(=O)OCCCCCCCCCC)c(C)nc2ccccc2nc1C. The molecule has 0 amide bonds. The van der Waals surface area contributed by atoms with Crippen molar-refractivity contribution in [1.29, 1.82) is 0 Å². The zero-order valence-corrected chi connectivity index (χ0v) is 32.8. The predicted molar refractivity (Wildman–Crippen MR) is 213 cm³/mol. The molecule has 3 aromatic rings. The number of hydrogen-bond donors (Lipinski definition) is 0. The first-order chi connectivity index (χ1) is 25.3. The summed E-state index contributed by atoms with van der Waals surface area (Å²) in [7, 11) is 0. The van der Waals surface area contributed by atoms with Crippen LogP contribution < -0.4 is 0 Å². The fraction of sp³-hybridized carbons (Fsp3) is 0.545. The van der Waals surface area contributed by atoms with Crippen molar-refractivity contribution >= 4 is 34.0 Å². The van der Waals surface area contributed by atoms with E-state index in [0.29, 0.717) is 69.2 Å². The van der Waals surface area contributed by atoms with E-state index < -0.39 is 11.9 Å². The fourth-order valence-corrected chi connectivity index (χ4v) is 6.31. The second kappa shape index (κ2) is 24.1. The Morgan fingerprint density at radius 3 is 0.942 bits per heavy atom. The van der Waals surface area contributed by atoms with Gasteiger partial charge in [0.1, 0.15) is 11.1 Å². The zero-order chi connectivity index (χ0) is 37.6. The van der Waals surface area contributed by atoms with E-state index >= 15 is 0 Å². The maximum atomic E-state index is 13.7. The van der Waals surface area contributed by atoms with E-state index in [-0.39, 0.29) is 0 Å². The molecule has 1 aromatic heterocycles. The highest BCUT2D eigenvalue weighted by Crippen LogP contribution is 2.18. The van der Waals surface area contributed by atoms with Crippen LogP contribution in [0.25, 0.3) is 22.1 Å². The van der Waals surface area contributed by atoms with Crippen molar-refractivity contribution < 1.29 is 19.1 Å². The molecule has 0 spiro atoms. The van der Waals surface area contributed by atoms with E-state index in [0.717, 1.165) is 38.5 Å². The number of ether oxygens (including phenoxy) is 2. The number of benzene rings is 2. The van der Waals surface area contributed by atoms with Crippen molar-refractivity contribution in [2.45, 2.75) is 144 Å². The van der Waals surface area contributed by atoms with E-state index in [1.54, 1.807) is 27.7 Å². The molecule has 0 radical (unpaired) electrons. The van der Waals surface area contributed by atoms with Gasteiger partial charge in [0.15, 0.2) is 0 Å². The largest absolute Gasteiger partial charge is 0.462 e. The first-order valence-electron chi connectivity index (χ1n) is 19.8. The molecule has 0 saturated heterocycles. The maximum Gasteiger partial charge on any atom is 0.341 e. The van der Waals surface area contributed by atoms with Gasteiger partial charge < -0.3 is 9.47 Å². The van der Waals surface area contributed by atoms with Crippen molar-refractivity contribution in [1.82, 2.24) is 19.9 Å². The van der Waals surface area contributed by atoms with E-state index in [1.807, 2.05) is 48.5 Å². The van der Waals surface area contributed by atoms with Gasteiger partial charge in [0.25, 0.3) is 0 Å². The number of hydrogen-bond acceptors (Lipinski definition) is 8. The average Bonchev–Trinajstić information content (AvgIpc) is 3.11. The van der Waals surface area contributed by atoms with Crippen LogP contribution in [0.4, 0.5) is 0 Å². The highest BCUT2D eigenvalue weighted by atomic mass is 16.5. The molecule has 0 aliphatic rings. The summed E-state index contributed by atoms with van der Waals surface area (Å²) in [5.41, 5.74) is 4.68. The summed E-state index contributed by atoms with van der Waals surface area (Å²) in [6.07, 6.45) is 18.5. The summed E-state index contributed by atoms with van der Waals surface area (Å²) in [6.45, 7) is 12.3. The Morgan fingerprint density at radius 1 is 0.423 bits per heavy atom. The molecule has 8 nitrogen and oxygen atoms in total. The van der Waals surface area contributed by atoms with Crippen LogP contribution in [0.2, 0.25) is 0 Å².